The second-order valence-electron chi connectivity index (χ2n) is 4.55. The van der Waals surface area contributed by atoms with Crippen LogP contribution in [0.2, 0.25) is 0 Å². The van der Waals surface area contributed by atoms with Gasteiger partial charge in [-0.15, -0.1) is 0 Å². The van der Waals surface area contributed by atoms with Gasteiger partial charge >= 0.3 is 0 Å². The van der Waals surface area contributed by atoms with E-state index in [9.17, 15) is 4.79 Å². The third-order valence-corrected chi connectivity index (χ3v) is 3.34. The molecule has 4 nitrogen and oxygen atoms in total. The van der Waals surface area contributed by atoms with Gasteiger partial charge in [0.2, 0.25) is 5.91 Å². The van der Waals surface area contributed by atoms with Crippen LogP contribution in [-0.2, 0) is 11.3 Å². The normalized spacial score (nSPS) is 15.8. The maximum absolute atomic E-state index is 11.7. The molecular weight excluding hydrogens is 214 g/mol. The zero-order valence-corrected chi connectivity index (χ0v) is 9.60. The zero-order valence-electron chi connectivity index (χ0n) is 9.60. The monoisotopic (exact) mass is 229 g/mol. The summed E-state index contributed by atoms with van der Waals surface area (Å²) in [7, 11) is 0. The summed E-state index contributed by atoms with van der Waals surface area (Å²) in [4.78, 5) is 11.7. The molecule has 0 atom stereocenters. The highest BCUT2D eigenvalue weighted by atomic mass is 16.1. The molecule has 1 amide bonds. The maximum Gasteiger partial charge on any atom is 0.223 e. The van der Waals surface area contributed by atoms with Crippen LogP contribution >= 0.6 is 0 Å². The molecule has 0 unspecified atom stereocenters. The van der Waals surface area contributed by atoms with Crippen molar-refractivity contribution in [1.29, 1.82) is 0 Å². The molecule has 0 bridgehead atoms. The van der Waals surface area contributed by atoms with E-state index < -0.39 is 0 Å². The summed E-state index contributed by atoms with van der Waals surface area (Å²) in [6.07, 6.45) is 5.17. The summed E-state index contributed by atoms with van der Waals surface area (Å²) in [6.45, 7) is 0.525. The fourth-order valence-corrected chi connectivity index (χ4v) is 2.07. The van der Waals surface area contributed by atoms with E-state index in [1.54, 1.807) is 0 Å². The van der Waals surface area contributed by atoms with Crippen molar-refractivity contribution in [1.82, 2.24) is 14.9 Å². The highest BCUT2D eigenvalue weighted by Crippen LogP contribution is 2.26. The van der Waals surface area contributed by atoms with Crippen molar-refractivity contribution in [3.05, 3.63) is 36.2 Å². The van der Waals surface area contributed by atoms with Gasteiger partial charge in [0.05, 0.1) is 17.8 Å². The van der Waals surface area contributed by atoms with Crippen LogP contribution in [-0.4, -0.2) is 15.5 Å². The van der Waals surface area contributed by atoms with Gasteiger partial charge in [0.25, 0.3) is 0 Å². The van der Waals surface area contributed by atoms with Crippen LogP contribution < -0.4 is 5.32 Å². The van der Waals surface area contributed by atoms with Gasteiger partial charge < -0.3 is 5.32 Å². The average Bonchev–Trinajstić information content (AvgIpc) is 2.66. The quantitative estimate of drug-likeness (QED) is 0.871. The van der Waals surface area contributed by atoms with Gasteiger partial charge in [-0.1, -0.05) is 12.5 Å². The number of carbonyl (C=O) groups is 1. The van der Waals surface area contributed by atoms with Crippen LogP contribution in [0.3, 0.4) is 0 Å². The van der Waals surface area contributed by atoms with Crippen molar-refractivity contribution in [3.63, 3.8) is 0 Å². The van der Waals surface area contributed by atoms with Gasteiger partial charge in [0.1, 0.15) is 0 Å². The minimum absolute atomic E-state index is 0.174. The molecule has 4 heteroatoms. The van der Waals surface area contributed by atoms with Gasteiger partial charge in [-0.3, -0.25) is 4.79 Å². The fourth-order valence-electron chi connectivity index (χ4n) is 2.07. The topological polar surface area (TPSA) is 46.4 Å². The molecule has 1 aliphatic rings. The molecule has 0 spiro atoms. The predicted molar refractivity (Wildman–Crippen MR) is 64.4 cm³/mol. The van der Waals surface area contributed by atoms with E-state index in [4.69, 9.17) is 0 Å². The lowest BCUT2D eigenvalue weighted by atomic mass is 9.85. The molecule has 1 aliphatic carbocycles. The highest BCUT2D eigenvalue weighted by molar-refractivity contribution is 5.79. The lowest BCUT2D eigenvalue weighted by molar-refractivity contribution is -0.127. The number of fused-ring (bicyclic) bond motifs is 1. The molecule has 0 aliphatic heterocycles. The van der Waals surface area contributed by atoms with Crippen molar-refractivity contribution < 1.29 is 4.79 Å². The first-order valence-corrected chi connectivity index (χ1v) is 6.04. The van der Waals surface area contributed by atoms with Gasteiger partial charge in [-0.2, -0.15) is 5.10 Å². The van der Waals surface area contributed by atoms with Gasteiger partial charge in [0.15, 0.2) is 0 Å². The summed E-state index contributed by atoms with van der Waals surface area (Å²) in [5.74, 6) is 0.417. The van der Waals surface area contributed by atoms with Crippen molar-refractivity contribution in [2.75, 3.05) is 0 Å². The van der Waals surface area contributed by atoms with Crippen molar-refractivity contribution in [3.8, 4) is 0 Å². The standard InChI is InChI=1S/C13H15N3O/c17-13(10-4-3-5-10)14-9-11-8-12-6-1-2-7-16(12)15-11/h1-2,6-8,10H,3-5,9H2,(H,14,17). The Morgan fingerprint density at radius 3 is 3.06 bits per heavy atom. The van der Waals surface area contributed by atoms with Gasteiger partial charge in [-0.25, -0.2) is 4.52 Å². The third kappa shape index (κ3) is 2.02. The number of rotatable bonds is 3. The summed E-state index contributed by atoms with van der Waals surface area (Å²) in [5, 5.41) is 7.34. The van der Waals surface area contributed by atoms with E-state index in [0.717, 1.165) is 24.1 Å². The van der Waals surface area contributed by atoms with E-state index in [1.807, 2.05) is 35.0 Å². The average molecular weight is 229 g/mol. The largest absolute Gasteiger partial charge is 0.350 e. The minimum Gasteiger partial charge on any atom is -0.350 e. The number of nitrogens with one attached hydrogen (secondary N) is 1. The Kier molecular flexibility index (Phi) is 2.55. The lowest BCUT2D eigenvalue weighted by Gasteiger charge is -2.23. The van der Waals surface area contributed by atoms with Crippen LogP contribution in [0.5, 0.6) is 0 Å². The Balaban J connectivity index is 1.66. The van der Waals surface area contributed by atoms with Crippen molar-refractivity contribution >= 4 is 11.4 Å². The number of carbonyl (C=O) groups excluding carboxylic acids is 1. The van der Waals surface area contributed by atoms with Crippen LogP contribution in [0, 0.1) is 5.92 Å². The Morgan fingerprint density at radius 1 is 1.47 bits per heavy atom. The lowest BCUT2D eigenvalue weighted by Crippen LogP contribution is -2.34. The highest BCUT2D eigenvalue weighted by Gasteiger charge is 2.24. The predicted octanol–water partition coefficient (Wildman–Crippen LogP) is 1.75. The Labute approximate surface area is 99.6 Å². The molecule has 0 saturated heterocycles. The van der Waals surface area contributed by atoms with Crippen molar-refractivity contribution in [2.24, 2.45) is 5.92 Å². The second kappa shape index (κ2) is 4.20. The van der Waals surface area contributed by atoms with E-state index in [2.05, 4.69) is 10.4 Å². The Bertz CT molecular complexity index is 509. The van der Waals surface area contributed by atoms with Crippen LogP contribution in [0.15, 0.2) is 30.5 Å². The number of nitrogens with zero attached hydrogens (tertiary/aromatic N) is 2. The molecule has 0 aromatic carbocycles. The molecule has 3 rings (SSSR count). The SMILES string of the molecule is O=C(NCc1cc2ccccn2n1)C1CCC1. The fraction of sp³-hybridized carbons (Fsp3) is 0.385. The van der Waals surface area contributed by atoms with Gasteiger partial charge in [-0.05, 0) is 31.0 Å². The molecule has 1 N–H and O–H groups in total. The van der Waals surface area contributed by atoms with E-state index in [-0.39, 0.29) is 11.8 Å². The molecule has 2 aromatic rings. The van der Waals surface area contributed by atoms with Crippen LogP contribution in [0.4, 0.5) is 0 Å². The first-order valence-electron chi connectivity index (χ1n) is 6.04. The minimum atomic E-state index is 0.174. The van der Waals surface area contributed by atoms with Crippen molar-refractivity contribution in [2.45, 2.75) is 25.8 Å². The number of amides is 1. The summed E-state index contributed by atoms with van der Waals surface area (Å²) in [5.41, 5.74) is 1.96. The Hall–Kier alpha value is -1.84. The second-order valence-corrected chi connectivity index (χ2v) is 4.55. The smallest absolute Gasteiger partial charge is 0.223 e. The van der Waals surface area contributed by atoms with E-state index in [1.165, 1.54) is 6.42 Å². The summed E-state index contributed by atoms with van der Waals surface area (Å²) < 4.78 is 1.82. The molecule has 2 aromatic heterocycles. The molecule has 1 saturated carbocycles. The van der Waals surface area contributed by atoms with Crippen LogP contribution in [0.1, 0.15) is 25.0 Å². The van der Waals surface area contributed by atoms with E-state index >= 15 is 0 Å². The molecule has 88 valence electrons. The summed E-state index contributed by atoms with van der Waals surface area (Å²) in [6, 6.07) is 7.93. The molecule has 1 fully saturated rings. The Morgan fingerprint density at radius 2 is 2.35 bits per heavy atom. The number of aromatic nitrogens is 2. The molecule has 17 heavy (non-hydrogen) atoms. The van der Waals surface area contributed by atoms with E-state index in [0.29, 0.717) is 6.54 Å². The zero-order chi connectivity index (χ0) is 11.7. The maximum atomic E-state index is 11.7. The van der Waals surface area contributed by atoms with Crippen LogP contribution in [0.25, 0.3) is 5.52 Å². The summed E-state index contributed by atoms with van der Waals surface area (Å²) >= 11 is 0. The first kappa shape index (κ1) is 10.3. The third-order valence-electron chi connectivity index (χ3n) is 3.34. The molecule has 2 heterocycles. The van der Waals surface area contributed by atoms with Gasteiger partial charge in [0, 0.05) is 12.1 Å². The number of hydrogen-bond donors (Lipinski definition) is 1. The molecule has 0 radical (unpaired) electrons. The number of pyridine rings is 1. The molecular formula is C13H15N3O. The first-order chi connectivity index (χ1) is 8.33. The number of hydrogen-bond acceptors (Lipinski definition) is 2.